The number of benzene rings is 2. The van der Waals surface area contributed by atoms with Gasteiger partial charge in [-0.1, -0.05) is 30.7 Å². The van der Waals surface area contributed by atoms with E-state index in [-0.39, 0.29) is 25.3 Å². The number of hydrogen-bond acceptors (Lipinski definition) is 6. The molecule has 0 unspecified atom stereocenters. The third-order valence-corrected chi connectivity index (χ3v) is 6.13. The molecule has 160 valence electrons. The highest BCUT2D eigenvalue weighted by atomic mass is 35.5. The molecule has 2 heterocycles. The number of halogens is 1. The molecule has 31 heavy (non-hydrogen) atoms. The summed E-state index contributed by atoms with van der Waals surface area (Å²) in [7, 11) is 0. The molecule has 4 aromatic rings. The van der Waals surface area contributed by atoms with Crippen LogP contribution in [0.5, 0.6) is 0 Å². The van der Waals surface area contributed by atoms with Gasteiger partial charge in [0.1, 0.15) is 0 Å². The van der Waals surface area contributed by atoms with Crippen molar-refractivity contribution in [3.8, 4) is 0 Å². The Balaban J connectivity index is 1.88. The summed E-state index contributed by atoms with van der Waals surface area (Å²) in [6.07, 6.45) is 0.851. The van der Waals surface area contributed by atoms with Crippen LogP contribution < -0.4 is 17.0 Å². The van der Waals surface area contributed by atoms with E-state index in [1.54, 1.807) is 41.7 Å². The maximum atomic E-state index is 13.0. The summed E-state index contributed by atoms with van der Waals surface area (Å²) in [6, 6.07) is 12.6. The van der Waals surface area contributed by atoms with Crippen molar-refractivity contribution in [2.24, 2.45) is 4.99 Å². The minimum Gasteiger partial charge on any atom is -0.395 e. The van der Waals surface area contributed by atoms with Gasteiger partial charge in [0.2, 0.25) is 5.62 Å². The fourth-order valence-electron chi connectivity index (χ4n) is 3.16. The number of rotatable bonds is 6. The van der Waals surface area contributed by atoms with E-state index in [2.05, 4.69) is 21.9 Å². The number of aromatic nitrogens is 4. The molecule has 0 amide bonds. The number of thiazole rings is 1. The van der Waals surface area contributed by atoms with Crippen LogP contribution in [0, 0.1) is 0 Å². The molecule has 0 spiro atoms. The quantitative estimate of drug-likeness (QED) is 0.464. The topological polar surface area (TPSA) is 105 Å². The van der Waals surface area contributed by atoms with Gasteiger partial charge in [0, 0.05) is 5.02 Å². The first-order valence-corrected chi connectivity index (χ1v) is 10.9. The van der Waals surface area contributed by atoms with Gasteiger partial charge < -0.3 is 5.11 Å². The highest BCUT2D eigenvalue weighted by Gasteiger charge is 2.10. The third-order valence-electron chi connectivity index (χ3n) is 4.71. The van der Waals surface area contributed by atoms with Crippen molar-refractivity contribution in [2.75, 3.05) is 6.61 Å². The largest absolute Gasteiger partial charge is 0.395 e. The second kappa shape index (κ2) is 9.01. The zero-order valence-electron chi connectivity index (χ0n) is 16.7. The monoisotopic (exact) mass is 457 g/mol. The summed E-state index contributed by atoms with van der Waals surface area (Å²) >= 11 is 7.55. The molecule has 2 aromatic heterocycles. The number of aryl methyl sites for hydroxylation is 1. The number of nitrogens with zero attached hydrogens (tertiary/aromatic N) is 4. The van der Waals surface area contributed by atoms with Crippen LogP contribution in [0.4, 0.5) is 5.69 Å². The van der Waals surface area contributed by atoms with Gasteiger partial charge in [0.15, 0.2) is 0 Å². The van der Waals surface area contributed by atoms with E-state index in [1.807, 2.05) is 12.1 Å². The Labute approximate surface area is 185 Å². The molecular weight excluding hydrogens is 438 g/mol. The van der Waals surface area contributed by atoms with Crippen LogP contribution in [0.3, 0.4) is 0 Å². The molecule has 4 rings (SSSR count). The first-order chi connectivity index (χ1) is 15.0. The molecule has 2 aromatic carbocycles. The molecule has 0 bridgehead atoms. The lowest BCUT2D eigenvalue weighted by atomic mass is 10.2. The van der Waals surface area contributed by atoms with E-state index in [0.29, 0.717) is 10.7 Å². The number of H-pyrrole nitrogens is 1. The van der Waals surface area contributed by atoms with E-state index >= 15 is 0 Å². The number of aromatic amines is 1. The Morgan fingerprint density at radius 1 is 1.16 bits per heavy atom. The fourth-order valence-corrected chi connectivity index (χ4v) is 4.22. The Hall–Kier alpha value is -3.01. The molecule has 0 aliphatic rings. The van der Waals surface area contributed by atoms with Gasteiger partial charge >= 0.3 is 11.4 Å². The minimum atomic E-state index is -0.628. The summed E-state index contributed by atoms with van der Waals surface area (Å²) in [5.74, 6) is 0. The van der Waals surface area contributed by atoms with Crippen LogP contribution >= 0.6 is 22.9 Å². The maximum Gasteiger partial charge on any atom is 0.335 e. The summed E-state index contributed by atoms with van der Waals surface area (Å²) in [5.41, 5.74) is 1.24. The number of hydrogen-bond donors (Lipinski definition) is 2. The zero-order chi connectivity index (χ0) is 22.0. The van der Waals surface area contributed by atoms with Crippen molar-refractivity contribution >= 4 is 38.8 Å². The van der Waals surface area contributed by atoms with Gasteiger partial charge in [-0.25, -0.2) is 24.1 Å². The van der Waals surface area contributed by atoms with Crippen molar-refractivity contribution in [3.63, 3.8) is 0 Å². The maximum absolute atomic E-state index is 13.0. The first kappa shape index (κ1) is 21.2. The number of fused-ring (bicyclic) bond motifs is 1. The van der Waals surface area contributed by atoms with Gasteiger partial charge in [-0.15, -0.1) is 11.3 Å². The molecular formula is C21H20ClN5O3S. The van der Waals surface area contributed by atoms with Gasteiger partial charge in [0.05, 0.1) is 40.6 Å². The van der Waals surface area contributed by atoms with E-state index in [0.717, 1.165) is 31.8 Å². The number of aliphatic hydroxyl groups is 1. The average molecular weight is 458 g/mol. The SMILES string of the molecule is CCc1nc2ccc(/N=c3\[nH]c(=O)n(CCO)c(=O)n3Cc3ccc(Cl)cc3)cc2s1. The van der Waals surface area contributed by atoms with Gasteiger partial charge in [-0.2, -0.15) is 0 Å². The molecule has 10 heteroatoms. The molecule has 0 saturated carbocycles. The number of aliphatic hydroxyl groups excluding tert-OH is 1. The van der Waals surface area contributed by atoms with Crippen LogP contribution in [0.25, 0.3) is 10.2 Å². The average Bonchev–Trinajstić information content (AvgIpc) is 3.18. The van der Waals surface area contributed by atoms with E-state index in [9.17, 15) is 14.7 Å². The third kappa shape index (κ3) is 4.53. The predicted octanol–water partition coefficient (Wildman–Crippen LogP) is 2.44. The number of nitrogens with one attached hydrogen (secondary N) is 1. The van der Waals surface area contributed by atoms with Crippen LogP contribution in [0.1, 0.15) is 17.5 Å². The van der Waals surface area contributed by atoms with Crippen LogP contribution in [0.15, 0.2) is 57.0 Å². The second-order valence-corrected chi connectivity index (χ2v) is 8.40. The van der Waals surface area contributed by atoms with Crippen LogP contribution in [0.2, 0.25) is 5.02 Å². The van der Waals surface area contributed by atoms with Crippen molar-refractivity contribution in [1.82, 2.24) is 19.1 Å². The lowest BCUT2D eigenvalue weighted by Crippen LogP contribution is -2.50. The normalized spacial score (nSPS) is 12.0. The summed E-state index contributed by atoms with van der Waals surface area (Å²) in [4.78, 5) is 37.2. The Kier molecular flexibility index (Phi) is 6.17. The smallest absolute Gasteiger partial charge is 0.335 e. The molecule has 0 fully saturated rings. The lowest BCUT2D eigenvalue weighted by Gasteiger charge is -2.10. The van der Waals surface area contributed by atoms with Gasteiger partial charge in [0.25, 0.3) is 0 Å². The lowest BCUT2D eigenvalue weighted by molar-refractivity contribution is 0.268. The highest BCUT2D eigenvalue weighted by Crippen LogP contribution is 2.26. The molecule has 8 nitrogen and oxygen atoms in total. The zero-order valence-corrected chi connectivity index (χ0v) is 18.3. The predicted molar refractivity (Wildman–Crippen MR) is 121 cm³/mol. The van der Waals surface area contributed by atoms with Crippen LogP contribution in [-0.4, -0.2) is 30.8 Å². The van der Waals surface area contributed by atoms with Crippen molar-refractivity contribution < 1.29 is 5.11 Å². The van der Waals surface area contributed by atoms with Crippen molar-refractivity contribution in [2.45, 2.75) is 26.4 Å². The standard InChI is InChI=1S/C21H20ClN5O3S/c1-2-18-24-16-8-7-15(11-17(16)31-18)23-19-25-20(29)26(9-10-28)21(30)27(19)12-13-3-5-14(22)6-4-13/h3-8,11,28H,2,9-10,12H2,1H3,(H,23,25,29). The molecule has 2 N–H and O–H groups in total. The molecule has 0 saturated heterocycles. The Morgan fingerprint density at radius 2 is 1.94 bits per heavy atom. The minimum absolute atomic E-state index is 0.109. The molecule has 0 aliphatic heterocycles. The van der Waals surface area contributed by atoms with Gasteiger partial charge in [-0.3, -0.25) is 9.55 Å². The van der Waals surface area contributed by atoms with Crippen LogP contribution in [-0.2, 0) is 19.5 Å². The summed E-state index contributed by atoms with van der Waals surface area (Å²) in [6.45, 7) is 1.79. The first-order valence-electron chi connectivity index (χ1n) is 9.72. The molecule has 0 aliphatic carbocycles. The summed E-state index contributed by atoms with van der Waals surface area (Å²) in [5, 5.41) is 10.9. The van der Waals surface area contributed by atoms with Crippen molar-refractivity contribution in [3.05, 3.63) is 84.6 Å². The molecule has 0 radical (unpaired) electrons. The van der Waals surface area contributed by atoms with E-state index in [1.165, 1.54) is 4.57 Å². The highest BCUT2D eigenvalue weighted by molar-refractivity contribution is 7.18. The van der Waals surface area contributed by atoms with E-state index in [4.69, 9.17) is 11.6 Å². The molecule has 0 atom stereocenters. The Morgan fingerprint density at radius 3 is 2.65 bits per heavy atom. The van der Waals surface area contributed by atoms with E-state index < -0.39 is 11.4 Å². The summed E-state index contributed by atoms with van der Waals surface area (Å²) < 4.78 is 3.31. The second-order valence-electron chi connectivity index (χ2n) is 6.85. The van der Waals surface area contributed by atoms with Gasteiger partial charge in [-0.05, 0) is 42.3 Å². The Bertz CT molecular complexity index is 1420. The van der Waals surface area contributed by atoms with Crippen molar-refractivity contribution in [1.29, 1.82) is 0 Å². The fraction of sp³-hybridized carbons (Fsp3) is 0.238.